The third-order valence-electron chi connectivity index (χ3n) is 6.78. The highest BCUT2D eigenvalue weighted by Crippen LogP contribution is 2.59. The van der Waals surface area contributed by atoms with E-state index >= 15 is 0 Å². The molecular formula is C26H32F2N8O3. The van der Waals surface area contributed by atoms with Crippen LogP contribution in [0.3, 0.4) is 0 Å². The molecule has 2 aliphatic rings. The van der Waals surface area contributed by atoms with Crippen molar-refractivity contribution in [3.05, 3.63) is 48.0 Å². The van der Waals surface area contributed by atoms with E-state index in [1.165, 1.54) is 11.8 Å². The second-order valence-corrected chi connectivity index (χ2v) is 10.0. The van der Waals surface area contributed by atoms with Crippen molar-refractivity contribution in [3.63, 3.8) is 0 Å². The summed E-state index contributed by atoms with van der Waals surface area (Å²) in [5.74, 6) is -4.03. The molecule has 1 aliphatic heterocycles. The van der Waals surface area contributed by atoms with Gasteiger partial charge in [0, 0.05) is 38.9 Å². The lowest BCUT2D eigenvalue weighted by Gasteiger charge is -2.22. The number of amides is 2. The van der Waals surface area contributed by atoms with Gasteiger partial charge in [-0.3, -0.25) is 14.4 Å². The Morgan fingerprint density at radius 3 is 2.46 bits per heavy atom. The van der Waals surface area contributed by atoms with Crippen LogP contribution in [0.15, 0.2) is 48.0 Å². The molecule has 2 aromatic rings. The van der Waals surface area contributed by atoms with Crippen molar-refractivity contribution in [1.29, 1.82) is 0 Å². The first-order chi connectivity index (χ1) is 18.4. The van der Waals surface area contributed by atoms with Crippen LogP contribution in [0.4, 0.5) is 20.4 Å². The standard InChI is InChI=1S/C26H32F2N8O3/c1-14(37)10-31-25(39)22(23(29)35(3)4)32-15(2)24(38)34-20-7-5-6-19(33-20)16-8-9-21(30-11-16)36-12-17-18(13-36)26(17,27)28/h5-9,11,15,17-18,32H,10,12-13,29H2,1-4H3,(H,31,39)(H,33,34,38)/b23-22+/t15-,17?,18?/m0/s1. The van der Waals surface area contributed by atoms with Gasteiger partial charge in [0.05, 0.1) is 24.1 Å². The van der Waals surface area contributed by atoms with Gasteiger partial charge in [-0.1, -0.05) is 6.07 Å². The first-order valence-electron chi connectivity index (χ1n) is 12.5. The molecule has 11 nitrogen and oxygen atoms in total. The second-order valence-electron chi connectivity index (χ2n) is 10.0. The van der Waals surface area contributed by atoms with Gasteiger partial charge in [-0.2, -0.15) is 0 Å². The molecule has 2 fully saturated rings. The summed E-state index contributed by atoms with van der Waals surface area (Å²) in [4.78, 5) is 49.0. The van der Waals surface area contributed by atoms with Crippen LogP contribution >= 0.6 is 0 Å². The third-order valence-corrected chi connectivity index (χ3v) is 6.78. The molecule has 13 heteroatoms. The number of rotatable bonds is 10. The van der Waals surface area contributed by atoms with Gasteiger partial charge in [-0.15, -0.1) is 0 Å². The Kier molecular flexibility index (Phi) is 7.70. The number of nitrogens with two attached hydrogens (primary N) is 1. The number of carbonyl (C=O) groups is 3. The number of carbonyl (C=O) groups excluding carboxylic acids is 3. The Labute approximate surface area is 224 Å². The van der Waals surface area contributed by atoms with Crippen LogP contribution in [-0.2, 0) is 14.4 Å². The van der Waals surface area contributed by atoms with Crippen molar-refractivity contribution >= 4 is 29.2 Å². The van der Waals surface area contributed by atoms with Crippen LogP contribution in [0.5, 0.6) is 0 Å². The maximum absolute atomic E-state index is 13.5. The topological polar surface area (TPSA) is 146 Å². The molecule has 0 spiro atoms. The first-order valence-corrected chi connectivity index (χ1v) is 12.5. The van der Waals surface area contributed by atoms with Gasteiger partial charge in [-0.05, 0) is 38.1 Å². The van der Waals surface area contributed by atoms with E-state index in [9.17, 15) is 23.2 Å². The zero-order valence-corrected chi connectivity index (χ0v) is 22.2. The second kappa shape index (κ2) is 10.8. The van der Waals surface area contributed by atoms with E-state index in [-0.39, 0.29) is 29.7 Å². The predicted octanol–water partition coefficient (Wildman–Crippen LogP) is 1.16. The predicted molar refractivity (Wildman–Crippen MR) is 141 cm³/mol. The smallest absolute Gasteiger partial charge is 0.271 e. The van der Waals surface area contributed by atoms with Gasteiger partial charge >= 0.3 is 0 Å². The molecule has 3 atom stereocenters. The molecule has 1 saturated heterocycles. The number of fused-ring (bicyclic) bond motifs is 1. The van der Waals surface area contributed by atoms with Gasteiger partial charge in [0.25, 0.3) is 11.8 Å². The summed E-state index contributed by atoms with van der Waals surface area (Å²) in [6, 6.07) is 7.81. The van der Waals surface area contributed by atoms with Gasteiger partial charge in [0.15, 0.2) is 0 Å². The first kappa shape index (κ1) is 27.7. The average molecular weight is 543 g/mol. The number of hydrogen-bond acceptors (Lipinski definition) is 9. The van der Waals surface area contributed by atoms with E-state index in [0.29, 0.717) is 30.2 Å². The van der Waals surface area contributed by atoms with E-state index in [2.05, 4.69) is 25.9 Å². The lowest BCUT2D eigenvalue weighted by Crippen LogP contribution is -2.45. The number of piperidine rings is 1. The molecule has 0 aromatic carbocycles. The molecule has 39 heavy (non-hydrogen) atoms. The summed E-state index contributed by atoms with van der Waals surface area (Å²) in [6.45, 7) is 3.32. The maximum atomic E-state index is 13.5. The number of nitrogens with one attached hydrogen (secondary N) is 3. The molecule has 1 aliphatic carbocycles. The minimum atomic E-state index is -2.54. The molecule has 1 saturated carbocycles. The van der Waals surface area contributed by atoms with Crippen molar-refractivity contribution in [1.82, 2.24) is 25.5 Å². The molecule has 0 bridgehead atoms. The summed E-state index contributed by atoms with van der Waals surface area (Å²) in [6.07, 6.45) is 1.62. The zero-order valence-electron chi connectivity index (χ0n) is 22.2. The van der Waals surface area contributed by atoms with Crippen molar-refractivity contribution in [2.45, 2.75) is 25.8 Å². The number of nitrogens with zero attached hydrogens (tertiary/aromatic N) is 4. The van der Waals surface area contributed by atoms with Crippen molar-refractivity contribution in [3.8, 4) is 11.3 Å². The Morgan fingerprint density at radius 2 is 1.87 bits per heavy atom. The van der Waals surface area contributed by atoms with Crippen molar-refractivity contribution in [2.24, 2.45) is 17.6 Å². The Balaban J connectivity index is 1.39. The van der Waals surface area contributed by atoms with Crippen molar-refractivity contribution in [2.75, 3.05) is 43.9 Å². The quantitative estimate of drug-likeness (QED) is 0.325. The maximum Gasteiger partial charge on any atom is 0.271 e. The molecule has 4 rings (SSSR count). The van der Waals surface area contributed by atoms with E-state index in [1.54, 1.807) is 51.5 Å². The number of alkyl halides is 2. The van der Waals surface area contributed by atoms with Gasteiger partial charge in [0.2, 0.25) is 5.91 Å². The van der Waals surface area contributed by atoms with Gasteiger partial charge in [0.1, 0.15) is 35.0 Å². The van der Waals surface area contributed by atoms with E-state index in [1.807, 2.05) is 11.0 Å². The summed E-state index contributed by atoms with van der Waals surface area (Å²) in [5, 5.41) is 8.00. The van der Waals surface area contributed by atoms with Crippen LogP contribution in [0.25, 0.3) is 11.3 Å². The zero-order chi connectivity index (χ0) is 28.5. The number of aromatic nitrogens is 2. The highest BCUT2D eigenvalue weighted by Gasteiger charge is 2.71. The molecule has 5 N–H and O–H groups in total. The number of Topliss-reactive ketones (excluding diaryl/α,β-unsaturated/α-hetero) is 1. The SMILES string of the molecule is CC(=O)CNC(=O)/C(N[C@@H](C)C(=O)Nc1cccc(-c2ccc(N3CC4C(C3)C4(F)F)nc2)n1)=C(/N)N(C)C. The normalized spacial score (nSPS) is 20.3. The lowest BCUT2D eigenvalue weighted by atomic mass is 10.2. The molecule has 2 unspecified atom stereocenters. The summed E-state index contributed by atoms with van der Waals surface area (Å²) < 4.78 is 27.0. The Bertz CT molecular complexity index is 1280. The van der Waals surface area contributed by atoms with Crippen LogP contribution in [0.2, 0.25) is 0 Å². The average Bonchev–Trinajstić information content (AvgIpc) is 3.21. The fourth-order valence-corrected chi connectivity index (χ4v) is 4.37. The molecule has 2 aromatic heterocycles. The summed E-state index contributed by atoms with van der Waals surface area (Å²) >= 11 is 0. The van der Waals surface area contributed by atoms with E-state index < -0.39 is 35.6 Å². The van der Waals surface area contributed by atoms with Crippen molar-refractivity contribution < 1.29 is 23.2 Å². The largest absolute Gasteiger partial charge is 0.383 e. The lowest BCUT2D eigenvalue weighted by molar-refractivity contribution is -0.122. The van der Waals surface area contributed by atoms with Crippen LogP contribution < -0.4 is 26.6 Å². The monoisotopic (exact) mass is 542 g/mol. The molecule has 3 heterocycles. The number of hydrogen-bond donors (Lipinski definition) is 4. The third kappa shape index (κ3) is 6.07. The fourth-order valence-electron chi connectivity index (χ4n) is 4.37. The van der Waals surface area contributed by atoms with Gasteiger partial charge < -0.3 is 31.5 Å². The summed E-state index contributed by atoms with van der Waals surface area (Å²) in [7, 11) is 3.28. The highest BCUT2D eigenvalue weighted by molar-refractivity contribution is 5.98. The number of ketones is 1. The number of halogens is 2. The minimum Gasteiger partial charge on any atom is -0.383 e. The number of pyridine rings is 2. The molecule has 0 radical (unpaired) electrons. The van der Waals surface area contributed by atoms with E-state index in [0.717, 1.165) is 0 Å². The van der Waals surface area contributed by atoms with Crippen LogP contribution in [0, 0.1) is 11.8 Å². The van der Waals surface area contributed by atoms with E-state index in [4.69, 9.17) is 5.73 Å². The molecular weight excluding hydrogens is 510 g/mol. The number of anilines is 2. The Morgan fingerprint density at radius 1 is 1.18 bits per heavy atom. The molecule has 208 valence electrons. The highest BCUT2D eigenvalue weighted by atomic mass is 19.3. The van der Waals surface area contributed by atoms with Gasteiger partial charge in [-0.25, -0.2) is 18.7 Å². The Hall–Kier alpha value is -4.29. The molecule has 2 amide bonds. The fraction of sp³-hybridized carbons (Fsp3) is 0.423. The van der Waals surface area contributed by atoms with Crippen LogP contribution in [0.1, 0.15) is 13.8 Å². The summed E-state index contributed by atoms with van der Waals surface area (Å²) in [5.41, 5.74) is 7.25. The van der Waals surface area contributed by atoms with Crippen LogP contribution in [-0.4, -0.2) is 78.2 Å². The minimum absolute atomic E-state index is 0.0456.